The van der Waals surface area contributed by atoms with Crippen molar-refractivity contribution in [3.8, 4) is 0 Å². The van der Waals surface area contributed by atoms with Gasteiger partial charge in [0.2, 0.25) is 0 Å². The van der Waals surface area contributed by atoms with E-state index in [4.69, 9.17) is 4.74 Å². The lowest BCUT2D eigenvalue weighted by molar-refractivity contribution is -0.181. The van der Waals surface area contributed by atoms with Gasteiger partial charge in [-0.05, 0) is 13.3 Å². The van der Waals surface area contributed by atoms with Crippen LogP contribution in [0.15, 0.2) is 4.99 Å². The summed E-state index contributed by atoms with van der Waals surface area (Å²) in [6.07, 6.45) is -2.73. The Hall–Kier alpha value is -0.340. The van der Waals surface area contributed by atoms with Crippen molar-refractivity contribution >= 4 is 16.9 Å². The van der Waals surface area contributed by atoms with E-state index in [-0.39, 0.29) is 5.44 Å². The van der Waals surface area contributed by atoms with Crippen molar-refractivity contribution in [2.24, 2.45) is 4.99 Å². The highest BCUT2D eigenvalue weighted by Gasteiger charge is 2.49. The summed E-state index contributed by atoms with van der Waals surface area (Å²) in [6.45, 7) is 4.40. The van der Waals surface area contributed by atoms with Crippen LogP contribution in [-0.2, 0) is 4.74 Å². The maximum Gasteiger partial charge on any atom is 0.159 e. The van der Waals surface area contributed by atoms with Gasteiger partial charge in [0.15, 0.2) is 5.17 Å². The number of hydrogen-bond donors (Lipinski definition) is 4. The molecule has 0 aliphatic carbocycles. The molecule has 7 heteroatoms. The third-order valence-electron chi connectivity index (χ3n) is 3.10. The Morgan fingerprint density at radius 3 is 2.78 bits per heavy atom. The minimum atomic E-state index is -1.11. The van der Waals surface area contributed by atoms with E-state index in [9.17, 15) is 15.3 Å². The summed E-state index contributed by atoms with van der Waals surface area (Å²) < 4.78 is 5.61. The van der Waals surface area contributed by atoms with Gasteiger partial charge in [-0.2, -0.15) is 0 Å². The van der Waals surface area contributed by atoms with E-state index in [0.29, 0.717) is 0 Å². The number of aliphatic hydroxyl groups excluding tert-OH is 3. The molecule has 2 rings (SSSR count). The highest BCUT2D eigenvalue weighted by molar-refractivity contribution is 8.14. The van der Waals surface area contributed by atoms with Crippen LogP contribution in [0.3, 0.4) is 0 Å². The van der Waals surface area contributed by atoms with Crippen molar-refractivity contribution in [3.05, 3.63) is 0 Å². The lowest BCUT2D eigenvalue weighted by atomic mass is 9.95. The summed E-state index contributed by atoms with van der Waals surface area (Å²) in [6, 6.07) is -0.473. The fourth-order valence-corrected chi connectivity index (χ4v) is 3.24. The van der Waals surface area contributed by atoms with Crippen molar-refractivity contribution < 1.29 is 20.1 Å². The highest BCUT2D eigenvalue weighted by atomic mass is 32.2. The summed E-state index contributed by atoms with van der Waals surface area (Å²) in [4.78, 5) is 4.32. The molecule has 4 N–H and O–H groups in total. The predicted octanol–water partition coefficient (Wildman–Crippen LogP) is -0.715. The molecule has 0 saturated carbocycles. The van der Waals surface area contributed by atoms with Gasteiger partial charge in [0.1, 0.15) is 29.8 Å². The Kier molecular flexibility index (Phi) is 4.50. The first-order valence-electron chi connectivity index (χ1n) is 6.22. The number of ether oxygens (including phenoxy) is 1. The molecule has 2 aliphatic rings. The van der Waals surface area contributed by atoms with E-state index >= 15 is 0 Å². The molecule has 0 amide bonds. The van der Waals surface area contributed by atoms with Crippen LogP contribution in [0, 0.1) is 0 Å². The molecule has 0 spiro atoms. The van der Waals surface area contributed by atoms with Crippen molar-refractivity contribution in [1.29, 1.82) is 0 Å². The van der Waals surface area contributed by atoms with Crippen LogP contribution < -0.4 is 5.32 Å². The van der Waals surface area contributed by atoms with Gasteiger partial charge >= 0.3 is 0 Å². The first-order valence-corrected chi connectivity index (χ1v) is 7.10. The van der Waals surface area contributed by atoms with Gasteiger partial charge in [-0.25, -0.2) is 0 Å². The monoisotopic (exact) mass is 276 g/mol. The smallest absolute Gasteiger partial charge is 0.159 e. The number of nitrogens with zero attached hydrogens (tertiary/aromatic N) is 1. The SMILES string of the molecule is CCCNC1=N[C@@H]2[C@@H](O)[C@H](O)[C@@H](C(C)O)O[C@@H]2S1. The van der Waals surface area contributed by atoms with Crippen LogP contribution in [0.1, 0.15) is 20.3 Å². The van der Waals surface area contributed by atoms with Crippen LogP contribution in [0.4, 0.5) is 0 Å². The molecular weight excluding hydrogens is 256 g/mol. The first kappa shape index (κ1) is 14.1. The molecule has 18 heavy (non-hydrogen) atoms. The Balaban J connectivity index is 2.04. The summed E-state index contributed by atoms with van der Waals surface area (Å²) in [5.74, 6) is 0. The van der Waals surface area contributed by atoms with E-state index in [1.807, 2.05) is 0 Å². The zero-order chi connectivity index (χ0) is 13.3. The normalized spacial score (nSPS) is 41.2. The van der Waals surface area contributed by atoms with Crippen LogP contribution in [0.5, 0.6) is 0 Å². The van der Waals surface area contributed by atoms with Gasteiger partial charge in [0.05, 0.1) is 6.10 Å². The number of nitrogens with one attached hydrogen (secondary N) is 1. The minimum Gasteiger partial charge on any atom is -0.391 e. The average molecular weight is 276 g/mol. The molecule has 0 aromatic heterocycles. The van der Waals surface area contributed by atoms with Gasteiger partial charge in [0, 0.05) is 6.54 Å². The molecule has 0 bridgehead atoms. The van der Waals surface area contributed by atoms with Gasteiger partial charge in [-0.15, -0.1) is 0 Å². The number of hydrogen-bond acceptors (Lipinski definition) is 7. The van der Waals surface area contributed by atoms with Crippen molar-refractivity contribution in [2.75, 3.05) is 6.54 Å². The van der Waals surface area contributed by atoms with E-state index < -0.39 is 30.5 Å². The van der Waals surface area contributed by atoms with Crippen molar-refractivity contribution in [1.82, 2.24) is 5.32 Å². The zero-order valence-corrected chi connectivity index (χ0v) is 11.3. The molecule has 104 valence electrons. The van der Waals surface area contributed by atoms with Crippen LogP contribution in [-0.4, -0.2) is 62.9 Å². The number of aliphatic imine (C=N–C) groups is 1. The third-order valence-corrected chi connectivity index (χ3v) is 4.20. The number of thioether (sulfide) groups is 1. The molecular formula is C11H20N2O4S. The number of aliphatic hydroxyl groups is 3. The second-order valence-corrected chi connectivity index (χ2v) is 5.75. The van der Waals surface area contributed by atoms with Gasteiger partial charge in [-0.3, -0.25) is 4.99 Å². The predicted molar refractivity (Wildman–Crippen MR) is 69.5 cm³/mol. The zero-order valence-electron chi connectivity index (χ0n) is 10.5. The Morgan fingerprint density at radius 2 is 2.17 bits per heavy atom. The molecule has 1 fully saturated rings. The van der Waals surface area contributed by atoms with Crippen molar-refractivity contribution in [2.45, 2.75) is 56.2 Å². The highest BCUT2D eigenvalue weighted by Crippen LogP contribution is 2.36. The molecule has 1 saturated heterocycles. The van der Waals surface area contributed by atoms with Gasteiger partial charge in [-0.1, -0.05) is 18.7 Å². The molecule has 0 aromatic carbocycles. The molecule has 2 aliphatic heterocycles. The van der Waals surface area contributed by atoms with E-state index in [0.717, 1.165) is 18.1 Å². The molecule has 1 unspecified atom stereocenters. The maximum atomic E-state index is 10.0. The Morgan fingerprint density at radius 1 is 1.44 bits per heavy atom. The standard InChI is InChI=1S/C11H20N2O4S/c1-3-4-12-11-13-6-7(15)8(16)9(5(2)14)17-10(6)18-11/h5-10,14-16H,3-4H2,1-2H3,(H,12,13)/t5?,6-,7-,8+,9-,10-/m1/s1. The van der Waals surface area contributed by atoms with E-state index in [1.165, 1.54) is 18.7 Å². The van der Waals surface area contributed by atoms with Crippen LogP contribution in [0.2, 0.25) is 0 Å². The van der Waals surface area contributed by atoms with Gasteiger partial charge < -0.3 is 25.4 Å². The largest absolute Gasteiger partial charge is 0.391 e. The van der Waals surface area contributed by atoms with Gasteiger partial charge in [0.25, 0.3) is 0 Å². The molecule has 0 radical (unpaired) electrons. The average Bonchev–Trinajstić information content (AvgIpc) is 2.74. The van der Waals surface area contributed by atoms with Crippen molar-refractivity contribution in [3.63, 3.8) is 0 Å². The topological polar surface area (TPSA) is 94.3 Å². The summed E-state index contributed by atoms with van der Waals surface area (Å²) in [7, 11) is 0. The third kappa shape index (κ3) is 2.65. The fourth-order valence-electron chi connectivity index (χ4n) is 2.10. The number of amidine groups is 1. The lowest BCUT2D eigenvalue weighted by Gasteiger charge is -2.39. The first-order chi connectivity index (χ1) is 8.54. The lowest BCUT2D eigenvalue weighted by Crippen LogP contribution is -2.57. The summed E-state index contributed by atoms with van der Waals surface area (Å²) in [5, 5.41) is 33.3. The van der Waals surface area contributed by atoms with E-state index in [1.54, 1.807) is 0 Å². The van der Waals surface area contributed by atoms with Crippen LogP contribution in [0.25, 0.3) is 0 Å². The molecule has 2 heterocycles. The summed E-state index contributed by atoms with van der Waals surface area (Å²) in [5.41, 5.74) is -0.345. The minimum absolute atomic E-state index is 0.345. The maximum absolute atomic E-state index is 10.0. The molecule has 0 aromatic rings. The van der Waals surface area contributed by atoms with Crippen LogP contribution >= 0.6 is 11.8 Å². The fraction of sp³-hybridized carbons (Fsp3) is 0.909. The Bertz CT molecular complexity index is 326. The van der Waals surface area contributed by atoms with E-state index in [2.05, 4.69) is 17.2 Å². The number of rotatable bonds is 3. The number of fused-ring (bicyclic) bond motifs is 1. The Labute approximate surface area is 110 Å². The second-order valence-electron chi connectivity index (χ2n) is 4.66. The molecule has 6 atom stereocenters. The summed E-state index contributed by atoms with van der Waals surface area (Å²) >= 11 is 1.40. The second kappa shape index (κ2) is 5.75. The molecule has 6 nitrogen and oxygen atoms in total. The quantitative estimate of drug-likeness (QED) is 0.544.